The summed E-state index contributed by atoms with van der Waals surface area (Å²) in [4.78, 5) is 7.15. The van der Waals surface area contributed by atoms with E-state index in [1.54, 1.807) is 13.4 Å². The van der Waals surface area contributed by atoms with Gasteiger partial charge < -0.3 is 11.1 Å². The van der Waals surface area contributed by atoms with Crippen molar-refractivity contribution in [2.24, 2.45) is 0 Å². The minimum atomic E-state index is -1.08. The molecule has 15 heavy (non-hydrogen) atoms. The predicted octanol–water partition coefficient (Wildman–Crippen LogP) is -1.57. The molecule has 0 radical (unpaired) electrons. The molecule has 0 aliphatic carbocycles. The Morgan fingerprint density at radius 1 is 1.53 bits per heavy atom. The molecule has 1 aromatic heterocycles. The maximum absolute atomic E-state index is 11.2. The number of benzene rings is 1. The van der Waals surface area contributed by atoms with Crippen LogP contribution in [-0.2, 0) is 10.8 Å². The van der Waals surface area contributed by atoms with Crippen LogP contribution in [0.2, 0.25) is 0 Å². The number of hydrogen-bond donors (Lipinski definition) is 1. The van der Waals surface area contributed by atoms with E-state index < -0.39 is 10.8 Å². The Morgan fingerprint density at radius 3 is 2.87 bits per heavy atom. The van der Waals surface area contributed by atoms with Gasteiger partial charge in [-0.2, -0.15) is 0 Å². The summed E-state index contributed by atoms with van der Waals surface area (Å²) >= 11 is 0. The third-order valence-electron chi connectivity index (χ3n) is 1.94. The Balaban J connectivity index is 0.00000112. The number of aromatic amines is 1. The van der Waals surface area contributed by atoms with Crippen LogP contribution in [0.15, 0.2) is 23.4 Å². The van der Waals surface area contributed by atoms with Crippen molar-refractivity contribution in [2.45, 2.75) is 5.16 Å². The van der Waals surface area contributed by atoms with Crippen molar-refractivity contribution in [3.63, 3.8) is 0 Å². The van der Waals surface area contributed by atoms with Crippen LogP contribution in [0.4, 0.5) is 0 Å². The van der Waals surface area contributed by atoms with E-state index in [2.05, 4.69) is 9.97 Å². The van der Waals surface area contributed by atoms with Gasteiger partial charge in [0, 0.05) is 12.3 Å². The molecule has 1 unspecified atom stereocenters. The summed E-state index contributed by atoms with van der Waals surface area (Å²) in [6, 6.07) is 5.49. The molecule has 1 atom stereocenters. The molecule has 0 aliphatic rings. The number of imidazole rings is 1. The normalized spacial score (nSPS) is 12.1. The predicted molar refractivity (Wildman–Crippen MR) is 56.1 cm³/mol. The van der Waals surface area contributed by atoms with Crippen LogP contribution in [0.3, 0.4) is 0 Å². The third-order valence-corrected chi connectivity index (χ3v) is 2.68. The summed E-state index contributed by atoms with van der Waals surface area (Å²) in [6.45, 7) is 0. The Labute approximate surface area is 104 Å². The van der Waals surface area contributed by atoms with E-state index in [1.807, 2.05) is 18.2 Å². The van der Waals surface area contributed by atoms with Gasteiger partial charge in [-0.25, -0.2) is 4.98 Å². The first-order valence-electron chi connectivity index (χ1n) is 4.08. The van der Waals surface area contributed by atoms with Crippen LogP contribution in [0.25, 0.3) is 11.0 Å². The van der Waals surface area contributed by atoms with Crippen molar-refractivity contribution in [3.05, 3.63) is 18.2 Å². The molecule has 0 aliphatic heterocycles. The largest absolute Gasteiger partial charge is 1.00 e. The number of ether oxygens (including phenoxy) is 1. The second-order valence-corrected chi connectivity index (χ2v) is 4.17. The van der Waals surface area contributed by atoms with Gasteiger partial charge in [0.25, 0.3) is 0 Å². The average molecular weight is 218 g/mol. The van der Waals surface area contributed by atoms with Gasteiger partial charge in [-0.15, -0.1) is 0 Å². The topological polar surface area (TPSA) is 55.0 Å². The summed E-state index contributed by atoms with van der Waals surface area (Å²) in [5.41, 5.74) is 1.64. The molecular formula is C9H11LiN2O2S. The maximum atomic E-state index is 11.2. The molecular weight excluding hydrogens is 207 g/mol. The van der Waals surface area contributed by atoms with Crippen LogP contribution >= 0.6 is 0 Å². The van der Waals surface area contributed by atoms with Crippen molar-refractivity contribution in [2.75, 3.05) is 13.4 Å². The number of fused-ring (bicyclic) bond motifs is 1. The van der Waals surface area contributed by atoms with Crippen LogP contribution in [0.1, 0.15) is 1.43 Å². The van der Waals surface area contributed by atoms with Crippen molar-refractivity contribution < 1.29 is 29.2 Å². The number of H-pyrrole nitrogens is 1. The van der Waals surface area contributed by atoms with E-state index in [1.165, 1.54) is 0 Å². The molecule has 0 bridgehead atoms. The molecule has 0 spiro atoms. The Bertz CT molecular complexity index is 503. The van der Waals surface area contributed by atoms with E-state index in [4.69, 9.17) is 4.74 Å². The summed E-state index contributed by atoms with van der Waals surface area (Å²) in [7, 11) is 0.530. The molecule has 1 heterocycles. The molecule has 0 amide bonds. The van der Waals surface area contributed by atoms with Crippen LogP contribution in [0, 0.1) is 0 Å². The Morgan fingerprint density at radius 2 is 2.27 bits per heavy atom. The fourth-order valence-corrected chi connectivity index (χ4v) is 1.71. The zero-order chi connectivity index (χ0) is 10.1. The quantitative estimate of drug-likeness (QED) is 0.619. The summed E-state index contributed by atoms with van der Waals surface area (Å²) in [5, 5.41) is 0.494. The minimum Gasteiger partial charge on any atom is -1.00 e. The standard InChI is InChI=1S/C9H10N2O2S.Li.H/c1-13-6-3-4-7-8(5-6)11-9(10-7)14(2)12;;/h3-5H,1-2H3,(H,10,11);;/q;+1;-1. The Kier molecular flexibility index (Phi) is 3.97. The second kappa shape index (κ2) is 4.84. The molecule has 4 nitrogen and oxygen atoms in total. The third kappa shape index (κ3) is 2.43. The van der Waals surface area contributed by atoms with Gasteiger partial charge in [0.15, 0.2) is 5.16 Å². The summed E-state index contributed by atoms with van der Waals surface area (Å²) in [6.07, 6.45) is 1.59. The minimum absolute atomic E-state index is 0. The van der Waals surface area contributed by atoms with Crippen LogP contribution < -0.4 is 23.6 Å². The maximum Gasteiger partial charge on any atom is 1.00 e. The molecule has 2 rings (SSSR count). The number of rotatable bonds is 2. The number of nitrogens with zero attached hydrogens (tertiary/aromatic N) is 1. The molecule has 1 N–H and O–H groups in total. The smallest absolute Gasteiger partial charge is 1.00 e. The van der Waals surface area contributed by atoms with Gasteiger partial charge in [-0.05, 0) is 12.1 Å². The SMILES string of the molecule is COc1ccc2nc(S(C)=O)[nH]c2c1.[H-].[Li+]. The molecule has 6 heteroatoms. The van der Waals surface area contributed by atoms with E-state index in [-0.39, 0.29) is 20.3 Å². The van der Waals surface area contributed by atoms with Crippen molar-refractivity contribution in [3.8, 4) is 5.75 Å². The average Bonchev–Trinajstić information content (AvgIpc) is 2.59. The number of hydrogen-bond acceptors (Lipinski definition) is 3. The monoisotopic (exact) mass is 218 g/mol. The fourth-order valence-electron chi connectivity index (χ4n) is 1.23. The van der Waals surface area contributed by atoms with Crippen molar-refractivity contribution in [1.29, 1.82) is 0 Å². The van der Waals surface area contributed by atoms with Gasteiger partial charge in [-0.1, -0.05) is 0 Å². The first-order chi connectivity index (χ1) is 6.70. The first-order valence-corrected chi connectivity index (χ1v) is 5.63. The van der Waals surface area contributed by atoms with Gasteiger partial charge in [0.05, 0.1) is 28.9 Å². The van der Waals surface area contributed by atoms with Crippen LogP contribution in [0.5, 0.6) is 5.75 Å². The zero-order valence-electron chi connectivity index (χ0n) is 9.90. The van der Waals surface area contributed by atoms with Gasteiger partial charge in [0.2, 0.25) is 0 Å². The molecule has 0 fully saturated rings. The molecule has 0 saturated heterocycles. The molecule has 76 valence electrons. The van der Waals surface area contributed by atoms with Crippen molar-refractivity contribution >= 4 is 21.8 Å². The van der Waals surface area contributed by atoms with Crippen molar-refractivity contribution in [1.82, 2.24) is 9.97 Å². The number of aromatic nitrogens is 2. The van der Waals surface area contributed by atoms with E-state index in [9.17, 15) is 4.21 Å². The van der Waals surface area contributed by atoms with Gasteiger partial charge in [-0.3, -0.25) is 4.21 Å². The first kappa shape index (κ1) is 12.3. The fraction of sp³-hybridized carbons (Fsp3) is 0.222. The Hall–Kier alpha value is -0.763. The summed E-state index contributed by atoms with van der Waals surface area (Å²) in [5.74, 6) is 0.759. The number of nitrogens with one attached hydrogen (secondary N) is 1. The molecule has 0 saturated carbocycles. The van der Waals surface area contributed by atoms with E-state index in [0.29, 0.717) is 5.16 Å². The summed E-state index contributed by atoms with van der Waals surface area (Å²) < 4.78 is 16.2. The zero-order valence-corrected chi connectivity index (χ0v) is 9.72. The van der Waals surface area contributed by atoms with Gasteiger partial charge in [0.1, 0.15) is 5.75 Å². The van der Waals surface area contributed by atoms with Gasteiger partial charge >= 0.3 is 18.9 Å². The second-order valence-electron chi connectivity index (χ2n) is 2.88. The molecule has 1 aromatic carbocycles. The molecule has 2 aromatic rings. The van der Waals surface area contributed by atoms with Crippen LogP contribution in [-0.4, -0.2) is 27.5 Å². The van der Waals surface area contributed by atoms with E-state index in [0.717, 1.165) is 16.8 Å². The van der Waals surface area contributed by atoms with E-state index >= 15 is 0 Å². The number of methoxy groups -OCH3 is 1.